The first kappa shape index (κ1) is 44.6. The Morgan fingerprint density at radius 1 is 0.909 bits per heavy atom. The molecule has 9 N–H and O–H groups in total. The van der Waals surface area contributed by atoms with Crippen LogP contribution in [0.1, 0.15) is 5.56 Å². The van der Waals surface area contributed by atoms with Gasteiger partial charge in [0.05, 0.1) is 40.4 Å². The fourth-order valence-electron chi connectivity index (χ4n) is 4.44. The van der Waals surface area contributed by atoms with E-state index in [4.69, 9.17) is 32.5 Å². The fraction of sp³-hybridized carbons (Fsp3) is 0.143. The lowest BCUT2D eigenvalue weighted by Gasteiger charge is -2.12. The Bertz CT molecular complexity index is 2530. The normalized spacial score (nSPS) is 12.2. The van der Waals surface area contributed by atoms with Crippen LogP contribution in [0, 0.1) is 0 Å². The summed E-state index contributed by atoms with van der Waals surface area (Å²) in [6.07, 6.45) is 0. The number of nitrogens with one attached hydrogen (secondary N) is 1. The first-order valence-electron chi connectivity index (χ1n) is 14.3. The average Bonchev–Trinajstić information content (AvgIpc) is 3.10. The molecule has 0 atom stereocenters. The van der Waals surface area contributed by atoms with Crippen molar-refractivity contribution in [2.24, 2.45) is 20.5 Å². The zero-order valence-electron chi connectivity index (χ0n) is 27.8. The number of carbonyl (C=O) groups excluding carboxylic acids is 1. The van der Waals surface area contributed by atoms with Gasteiger partial charge in [0.1, 0.15) is 38.3 Å². The molecule has 0 bridgehead atoms. The van der Waals surface area contributed by atoms with Gasteiger partial charge >= 0.3 is 16.4 Å². The Balaban J connectivity index is 0.00000812. The summed E-state index contributed by atoms with van der Waals surface area (Å²) in [5, 5.41) is 42.7. The van der Waals surface area contributed by atoms with E-state index in [9.17, 15) is 39.7 Å². The minimum atomic E-state index is -5.17. The summed E-state index contributed by atoms with van der Waals surface area (Å²) in [5.41, 5.74) is 4.94. The van der Waals surface area contributed by atoms with Gasteiger partial charge in [-0.3, -0.25) is 9.11 Å². The van der Waals surface area contributed by atoms with Crippen LogP contribution in [0.5, 0.6) is 11.5 Å². The second kappa shape index (κ2) is 18.2. The van der Waals surface area contributed by atoms with Crippen LogP contribution < -0.4 is 15.8 Å². The van der Waals surface area contributed by atoms with E-state index in [1.807, 2.05) is 0 Å². The van der Waals surface area contributed by atoms with Gasteiger partial charge in [0.15, 0.2) is 15.6 Å². The van der Waals surface area contributed by atoms with Gasteiger partial charge in [-0.2, -0.15) is 16.8 Å². The number of fused-ring (bicyclic) bond motifs is 1. The number of methoxy groups -OCH3 is 1. The van der Waals surface area contributed by atoms with Crippen molar-refractivity contribution in [1.82, 2.24) is 5.32 Å². The third-order valence-corrected chi connectivity index (χ3v) is 10.9. The molecule has 4 aromatic carbocycles. The number of rotatable bonds is 16. The molecule has 0 aliphatic rings. The Morgan fingerprint density at radius 2 is 1.58 bits per heavy atom. The summed E-state index contributed by atoms with van der Waals surface area (Å²) in [7, 11) is -11.4. The summed E-state index contributed by atoms with van der Waals surface area (Å²) < 4.78 is 104. The highest BCUT2D eigenvalue weighted by molar-refractivity contribution is 7.94. The highest BCUT2D eigenvalue weighted by Gasteiger charge is 2.24. The zero-order valence-corrected chi connectivity index (χ0v) is 31.9. The lowest BCUT2D eigenvalue weighted by Crippen LogP contribution is -2.20. The minimum absolute atomic E-state index is 0. The van der Waals surface area contributed by atoms with Gasteiger partial charge in [-0.25, -0.2) is 18.5 Å². The van der Waals surface area contributed by atoms with E-state index >= 15 is 0 Å². The predicted octanol–water partition coefficient (Wildman–Crippen LogP) is 3.87. The molecule has 4 aromatic rings. The molecule has 55 heavy (non-hydrogen) atoms. The van der Waals surface area contributed by atoms with Crippen LogP contribution in [-0.2, 0) is 48.7 Å². The second-order valence-electron chi connectivity index (χ2n) is 10.3. The van der Waals surface area contributed by atoms with Crippen LogP contribution >= 0.6 is 24.3 Å². The molecule has 0 fully saturated rings. The summed E-state index contributed by atoms with van der Waals surface area (Å²) in [4.78, 5) is 10.0. The maximum atomic E-state index is 12.7. The molecular weight excluding hydrogens is 837 g/mol. The summed E-state index contributed by atoms with van der Waals surface area (Å²) in [6.45, 7) is 0.0625. The van der Waals surface area contributed by atoms with Crippen LogP contribution in [0.3, 0.4) is 0 Å². The molecule has 0 aromatic heterocycles. The fourth-order valence-corrected chi connectivity index (χ4v) is 7.43. The van der Waals surface area contributed by atoms with Crippen molar-refractivity contribution >= 4 is 105 Å². The molecule has 0 radical (unpaired) electrons. The first-order chi connectivity index (χ1) is 25.3. The van der Waals surface area contributed by atoms with Crippen LogP contribution in [0.2, 0.25) is 0 Å². The maximum absolute atomic E-state index is 12.7. The molecule has 0 amide bonds. The van der Waals surface area contributed by atoms with Crippen molar-refractivity contribution in [3.63, 3.8) is 0 Å². The monoisotopic (exact) mass is 864 g/mol. The molecule has 0 spiro atoms. The molecule has 4 rings (SSSR count). The number of hydrogen-bond donors (Lipinski definition) is 6. The van der Waals surface area contributed by atoms with Crippen molar-refractivity contribution in [3.05, 3.63) is 60.2 Å². The van der Waals surface area contributed by atoms with E-state index in [0.29, 0.717) is 12.0 Å². The van der Waals surface area contributed by atoms with E-state index in [2.05, 4.69) is 39.3 Å². The number of sulfone groups is 1. The lowest BCUT2D eigenvalue weighted by atomic mass is 10.1. The van der Waals surface area contributed by atoms with Crippen molar-refractivity contribution < 1.29 is 73.3 Å². The number of ether oxygens (including phenoxy) is 1. The SMILES string of the molecule is CNCCS(=O)(=O)c1ccc(N=Nc2c(N)ccc3c(O)c(N=Nc4cc(C(=S)C(=O)OS(=O)(=O)O)ccc4OC)c(SOOO)cc23)c(S(=O)(=O)O)c1.O. The molecule has 0 unspecified atom stereocenters. The quantitative estimate of drug-likeness (QED) is 0.0136. The number of azo groups is 2. The molecule has 0 saturated heterocycles. The summed E-state index contributed by atoms with van der Waals surface area (Å²) in [6, 6.07) is 10.5. The number of benzene rings is 4. The maximum Gasteiger partial charge on any atom is 0.449 e. The van der Waals surface area contributed by atoms with Crippen molar-refractivity contribution in [2.75, 3.05) is 32.2 Å². The largest absolute Gasteiger partial charge is 0.505 e. The Morgan fingerprint density at radius 3 is 2.20 bits per heavy atom. The smallest absolute Gasteiger partial charge is 0.449 e. The minimum Gasteiger partial charge on any atom is -0.505 e. The average molecular weight is 865 g/mol. The third-order valence-electron chi connectivity index (χ3n) is 6.90. The van der Waals surface area contributed by atoms with Gasteiger partial charge in [0.25, 0.3) is 10.1 Å². The van der Waals surface area contributed by atoms with Gasteiger partial charge in [-0.1, -0.05) is 17.3 Å². The van der Waals surface area contributed by atoms with Crippen LogP contribution in [0.4, 0.5) is 28.4 Å². The Labute approximate surface area is 321 Å². The summed E-state index contributed by atoms with van der Waals surface area (Å²) >= 11 is 5.27. The number of nitrogen functional groups attached to an aromatic ring is 1. The molecule has 0 heterocycles. The van der Waals surface area contributed by atoms with Crippen molar-refractivity contribution in [3.8, 4) is 11.5 Å². The third kappa shape index (κ3) is 10.9. The van der Waals surface area contributed by atoms with Gasteiger partial charge in [-0.15, -0.1) is 24.8 Å². The van der Waals surface area contributed by atoms with Gasteiger partial charge in [0, 0.05) is 22.9 Å². The first-order valence-corrected chi connectivity index (χ1v) is 19.9. The highest BCUT2D eigenvalue weighted by atomic mass is 32.3. The number of hydrogen-bond acceptors (Lipinski definition) is 21. The number of phenols is 1. The number of nitrogens with two attached hydrogens (primary N) is 1. The molecule has 296 valence electrons. The number of nitrogens with zero attached hydrogens (tertiary/aromatic N) is 4. The Hall–Kier alpha value is -4.78. The number of anilines is 1. The number of carbonyl (C=O) groups is 1. The zero-order chi connectivity index (χ0) is 40.0. The topological polar surface area (TPSA) is 356 Å². The van der Waals surface area contributed by atoms with E-state index in [1.165, 1.54) is 44.5 Å². The molecule has 0 saturated carbocycles. The van der Waals surface area contributed by atoms with Crippen molar-refractivity contribution in [2.45, 2.75) is 14.7 Å². The van der Waals surface area contributed by atoms with E-state index < -0.39 is 62.4 Å². The van der Waals surface area contributed by atoms with Gasteiger partial charge in [-0.05, 0) is 61.6 Å². The number of phenolic OH excluding ortho intramolecular Hbond substituents is 1. The van der Waals surface area contributed by atoms with Crippen LogP contribution in [0.25, 0.3) is 10.8 Å². The number of aromatic hydroxyl groups is 1. The van der Waals surface area contributed by atoms with Crippen molar-refractivity contribution in [1.29, 1.82) is 0 Å². The van der Waals surface area contributed by atoms with Gasteiger partial charge in [0.2, 0.25) is 0 Å². The lowest BCUT2D eigenvalue weighted by molar-refractivity contribution is -0.432. The summed E-state index contributed by atoms with van der Waals surface area (Å²) in [5.74, 6) is -2.48. The molecule has 27 heteroatoms. The number of thiocarbonyl (C=S) groups is 1. The standard InChI is InChI=1S/C28H26N6O15S5.H2O/c1-30-9-10-52(38,39)15-4-7-19(23(12-15)53(40,41)42)31-33-24-17-13-22(51-49-48-37)25(26(35)16(17)5-6-18(24)29)34-32-20-11-14(3-8-21(20)46-2)27(50)28(36)47-54(43,44)45;/h3-8,11-13,30,35,37H,9-10,29H2,1-2H3,(H,40,41,42)(H,43,44,45);1H2. The van der Waals surface area contributed by atoms with Crippen LogP contribution in [0.15, 0.2) is 89.7 Å². The van der Waals surface area contributed by atoms with Crippen LogP contribution in [-0.4, -0.2) is 87.5 Å². The molecule has 0 aliphatic heterocycles. The second-order valence-corrected chi connectivity index (χ2v) is 16.0. The molecule has 22 nitrogen and oxygen atoms in total. The molecular formula is C28H28N6O16S5. The van der Waals surface area contributed by atoms with E-state index in [0.717, 1.165) is 24.3 Å². The molecule has 0 aliphatic carbocycles. The predicted molar refractivity (Wildman–Crippen MR) is 197 cm³/mol. The Kier molecular flexibility index (Phi) is 14.8. The van der Waals surface area contributed by atoms with E-state index in [1.54, 1.807) is 0 Å². The van der Waals surface area contributed by atoms with Gasteiger partial charge < -0.3 is 30.6 Å². The highest BCUT2D eigenvalue weighted by Crippen LogP contribution is 2.48. The van der Waals surface area contributed by atoms with E-state index in [-0.39, 0.29) is 67.5 Å².